The molecule has 1 unspecified atom stereocenters. The Hall–Kier alpha value is -2.66. The summed E-state index contributed by atoms with van der Waals surface area (Å²) in [5, 5.41) is 2.91. The summed E-state index contributed by atoms with van der Waals surface area (Å²) in [4.78, 5) is 26.2. The zero-order chi connectivity index (χ0) is 18.9. The van der Waals surface area contributed by atoms with Gasteiger partial charge in [-0.15, -0.1) is 0 Å². The van der Waals surface area contributed by atoms with E-state index in [2.05, 4.69) is 5.32 Å². The lowest BCUT2D eigenvalue weighted by molar-refractivity contribution is -0.145. The first-order chi connectivity index (χ1) is 12.5. The van der Waals surface area contributed by atoms with Gasteiger partial charge in [0, 0.05) is 18.8 Å². The highest BCUT2D eigenvalue weighted by Gasteiger charge is 2.20. The number of esters is 1. The molecule has 5 nitrogen and oxygen atoms in total. The number of carbonyl (C=O) groups is 2. The summed E-state index contributed by atoms with van der Waals surface area (Å²) in [7, 11) is 1.38. The number of carbonyl (C=O) groups excluding carboxylic acids is 2. The lowest BCUT2D eigenvalue weighted by Gasteiger charge is -2.24. The largest absolute Gasteiger partial charge is 0.469 e. The van der Waals surface area contributed by atoms with Gasteiger partial charge in [0.05, 0.1) is 19.6 Å². The summed E-state index contributed by atoms with van der Waals surface area (Å²) in [6, 6.07) is 17.6. The van der Waals surface area contributed by atoms with E-state index in [-0.39, 0.29) is 24.3 Å². The molecule has 1 N–H and O–H groups in total. The second-order valence-corrected chi connectivity index (χ2v) is 6.49. The second kappa shape index (κ2) is 9.73. The van der Waals surface area contributed by atoms with E-state index in [4.69, 9.17) is 4.74 Å². The van der Waals surface area contributed by atoms with E-state index in [9.17, 15) is 9.59 Å². The molecule has 5 heteroatoms. The van der Waals surface area contributed by atoms with Gasteiger partial charge in [0.2, 0.25) is 5.91 Å². The van der Waals surface area contributed by atoms with Gasteiger partial charge in [0.1, 0.15) is 0 Å². The van der Waals surface area contributed by atoms with Gasteiger partial charge in [-0.2, -0.15) is 0 Å². The first kappa shape index (κ1) is 19.7. The van der Waals surface area contributed by atoms with Crippen molar-refractivity contribution in [2.75, 3.05) is 25.5 Å². The fraction of sp³-hybridized carbons (Fsp3) is 0.333. The smallest absolute Gasteiger partial charge is 0.309 e. The molecule has 2 aromatic rings. The van der Waals surface area contributed by atoms with E-state index in [1.165, 1.54) is 7.11 Å². The van der Waals surface area contributed by atoms with Gasteiger partial charge in [-0.25, -0.2) is 0 Å². The third-order valence-corrected chi connectivity index (χ3v) is 4.09. The Morgan fingerprint density at radius 1 is 1.08 bits per heavy atom. The van der Waals surface area contributed by atoms with Crippen LogP contribution in [0.25, 0.3) is 0 Å². The van der Waals surface area contributed by atoms with Gasteiger partial charge < -0.3 is 10.1 Å². The van der Waals surface area contributed by atoms with Crippen LogP contribution in [-0.4, -0.2) is 37.0 Å². The number of nitrogens with one attached hydrogen (secondary N) is 1. The summed E-state index contributed by atoms with van der Waals surface area (Å²) in [5.41, 5.74) is 2.99. The summed E-state index contributed by atoms with van der Waals surface area (Å²) < 4.78 is 4.81. The molecule has 1 atom stereocenters. The molecule has 0 aliphatic carbocycles. The van der Waals surface area contributed by atoms with Gasteiger partial charge in [-0.1, -0.05) is 55.0 Å². The van der Waals surface area contributed by atoms with Crippen LogP contribution in [0.4, 0.5) is 5.69 Å². The average molecular weight is 354 g/mol. The Bertz CT molecular complexity index is 714. The van der Waals surface area contributed by atoms with Gasteiger partial charge in [0.25, 0.3) is 0 Å². The number of benzene rings is 2. The molecule has 0 heterocycles. The van der Waals surface area contributed by atoms with Crippen LogP contribution in [0.5, 0.6) is 0 Å². The summed E-state index contributed by atoms with van der Waals surface area (Å²) >= 11 is 0. The number of hydrogen-bond donors (Lipinski definition) is 1. The van der Waals surface area contributed by atoms with Gasteiger partial charge in [0.15, 0.2) is 0 Å². The molecule has 0 aliphatic rings. The van der Waals surface area contributed by atoms with Crippen molar-refractivity contribution in [3.8, 4) is 0 Å². The third kappa shape index (κ3) is 6.33. The molecule has 0 aliphatic heterocycles. The lowest BCUT2D eigenvalue weighted by Crippen LogP contribution is -2.37. The predicted octanol–water partition coefficient (Wildman–Crippen LogP) is 3.24. The van der Waals surface area contributed by atoms with Gasteiger partial charge in [-0.3, -0.25) is 14.5 Å². The summed E-state index contributed by atoms with van der Waals surface area (Å²) in [6.45, 7) is 5.04. The van der Waals surface area contributed by atoms with Crippen molar-refractivity contribution < 1.29 is 14.3 Å². The van der Waals surface area contributed by atoms with Crippen molar-refractivity contribution in [2.24, 2.45) is 5.92 Å². The quantitative estimate of drug-likeness (QED) is 0.740. The van der Waals surface area contributed by atoms with Crippen LogP contribution in [0.1, 0.15) is 18.1 Å². The fourth-order valence-corrected chi connectivity index (χ4v) is 2.73. The molecule has 0 saturated carbocycles. The molecule has 0 aromatic heterocycles. The van der Waals surface area contributed by atoms with Crippen LogP contribution in [-0.2, 0) is 20.9 Å². The van der Waals surface area contributed by atoms with E-state index in [1.54, 1.807) is 0 Å². The zero-order valence-corrected chi connectivity index (χ0v) is 15.6. The van der Waals surface area contributed by atoms with Crippen molar-refractivity contribution >= 4 is 17.6 Å². The van der Waals surface area contributed by atoms with Crippen LogP contribution in [0.2, 0.25) is 0 Å². The highest BCUT2D eigenvalue weighted by atomic mass is 16.5. The second-order valence-electron chi connectivity index (χ2n) is 6.49. The van der Waals surface area contributed by atoms with Crippen LogP contribution in [0, 0.1) is 12.8 Å². The predicted molar refractivity (Wildman–Crippen MR) is 103 cm³/mol. The molecular weight excluding hydrogens is 328 g/mol. The molecular formula is C21H26N2O3. The Kier molecular flexibility index (Phi) is 7.36. The molecule has 0 fully saturated rings. The maximum absolute atomic E-state index is 12.4. The average Bonchev–Trinajstić information content (AvgIpc) is 2.63. The van der Waals surface area contributed by atoms with Crippen LogP contribution in [0.3, 0.4) is 0 Å². The van der Waals surface area contributed by atoms with Crippen molar-refractivity contribution in [3.05, 3.63) is 65.7 Å². The number of amides is 1. The Balaban J connectivity index is 2.02. The van der Waals surface area contributed by atoms with Crippen LogP contribution >= 0.6 is 0 Å². The van der Waals surface area contributed by atoms with E-state index in [0.29, 0.717) is 13.1 Å². The Morgan fingerprint density at radius 2 is 1.73 bits per heavy atom. The number of ether oxygens (including phenoxy) is 1. The maximum atomic E-state index is 12.4. The Morgan fingerprint density at radius 3 is 2.35 bits per heavy atom. The van der Waals surface area contributed by atoms with E-state index in [0.717, 1.165) is 16.8 Å². The molecule has 2 aromatic carbocycles. The Labute approximate surface area is 155 Å². The summed E-state index contributed by atoms with van der Waals surface area (Å²) in [6.07, 6.45) is 0. The van der Waals surface area contributed by atoms with Crippen LogP contribution in [0.15, 0.2) is 54.6 Å². The first-order valence-electron chi connectivity index (χ1n) is 8.68. The minimum atomic E-state index is -0.309. The van der Waals surface area contributed by atoms with Crippen molar-refractivity contribution in [1.29, 1.82) is 0 Å². The van der Waals surface area contributed by atoms with Crippen LogP contribution < -0.4 is 5.32 Å². The standard InChI is InChI=1S/C21H26N2O3/c1-16-9-11-19(12-10-16)22-20(24)15-23(13-17(2)21(25)26-3)14-18-7-5-4-6-8-18/h4-12,17H,13-15H2,1-3H3,(H,22,24). The topological polar surface area (TPSA) is 58.6 Å². The lowest BCUT2D eigenvalue weighted by atomic mass is 10.1. The number of methoxy groups -OCH3 is 1. The van der Waals surface area contributed by atoms with E-state index >= 15 is 0 Å². The highest BCUT2D eigenvalue weighted by Crippen LogP contribution is 2.11. The monoisotopic (exact) mass is 354 g/mol. The fourth-order valence-electron chi connectivity index (χ4n) is 2.73. The number of hydrogen-bond acceptors (Lipinski definition) is 4. The molecule has 1 amide bonds. The number of nitrogens with zero attached hydrogens (tertiary/aromatic N) is 1. The molecule has 0 saturated heterocycles. The molecule has 2 rings (SSSR count). The molecule has 0 radical (unpaired) electrons. The van der Waals surface area contributed by atoms with Gasteiger partial charge >= 0.3 is 5.97 Å². The number of aryl methyl sites for hydroxylation is 1. The number of anilines is 1. The van der Waals surface area contributed by atoms with Crippen molar-refractivity contribution in [1.82, 2.24) is 4.90 Å². The molecule has 0 spiro atoms. The van der Waals surface area contributed by atoms with Crippen molar-refractivity contribution in [2.45, 2.75) is 20.4 Å². The SMILES string of the molecule is COC(=O)C(C)CN(CC(=O)Nc1ccc(C)cc1)Cc1ccccc1. The first-order valence-corrected chi connectivity index (χ1v) is 8.68. The minimum absolute atomic E-state index is 0.109. The molecule has 138 valence electrons. The molecule has 0 bridgehead atoms. The maximum Gasteiger partial charge on any atom is 0.309 e. The van der Waals surface area contributed by atoms with E-state index in [1.807, 2.05) is 73.3 Å². The highest BCUT2D eigenvalue weighted by molar-refractivity contribution is 5.92. The molecule has 26 heavy (non-hydrogen) atoms. The van der Waals surface area contributed by atoms with Gasteiger partial charge in [-0.05, 0) is 24.6 Å². The minimum Gasteiger partial charge on any atom is -0.469 e. The summed E-state index contributed by atoms with van der Waals surface area (Å²) in [5.74, 6) is -0.695. The van der Waals surface area contributed by atoms with E-state index < -0.39 is 0 Å². The third-order valence-electron chi connectivity index (χ3n) is 4.09. The zero-order valence-electron chi connectivity index (χ0n) is 15.6. The number of rotatable bonds is 8. The normalized spacial score (nSPS) is 11.8. The van der Waals surface area contributed by atoms with Crippen molar-refractivity contribution in [3.63, 3.8) is 0 Å².